The molecular formula is C20H17NO2S. The van der Waals surface area contributed by atoms with E-state index in [1.54, 1.807) is 12.1 Å². The average molecular weight is 335 g/mol. The molecule has 0 saturated heterocycles. The number of esters is 1. The lowest BCUT2D eigenvalue weighted by molar-refractivity contribution is 0.00696. The van der Waals surface area contributed by atoms with Gasteiger partial charge in [-0.3, -0.25) is 0 Å². The van der Waals surface area contributed by atoms with Crippen LogP contribution in [-0.2, 0) is 4.74 Å². The Hall–Kier alpha value is -2.64. The number of rotatable bonds is 2. The molecule has 0 amide bonds. The highest BCUT2D eigenvalue weighted by molar-refractivity contribution is 7.20. The molecule has 3 aromatic rings. The van der Waals surface area contributed by atoms with Gasteiger partial charge >= 0.3 is 5.97 Å². The highest BCUT2D eigenvalue weighted by Crippen LogP contribution is 2.38. The Bertz CT molecular complexity index is 940. The molecule has 4 heteroatoms. The van der Waals surface area contributed by atoms with Crippen molar-refractivity contribution < 1.29 is 9.53 Å². The van der Waals surface area contributed by atoms with Gasteiger partial charge in [0.25, 0.3) is 0 Å². The molecule has 0 aliphatic carbocycles. The number of benzene rings is 2. The summed E-state index contributed by atoms with van der Waals surface area (Å²) in [7, 11) is 0. The first-order chi connectivity index (χ1) is 11.4. The maximum atomic E-state index is 12.1. The lowest BCUT2D eigenvalue weighted by atomic mass is 10.0. The van der Waals surface area contributed by atoms with E-state index in [1.807, 2.05) is 57.2 Å². The molecule has 0 atom stereocenters. The van der Waals surface area contributed by atoms with Crippen LogP contribution in [0.5, 0.6) is 0 Å². The van der Waals surface area contributed by atoms with Gasteiger partial charge in [-0.25, -0.2) is 4.79 Å². The first kappa shape index (κ1) is 16.2. The predicted octanol–water partition coefficient (Wildman–Crippen LogP) is 5.40. The van der Waals surface area contributed by atoms with Gasteiger partial charge in [-0.05, 0) is 44.5 Å². The molecule has 0 saturated carbocycles. The summed E-state index contributed by atoms with van der Waals surface area (Å²) in [5.41, 5.74) is 1.84. The summed E-state index contributed by atoms with van der Waals surface area (Å²) in [6.07, 6.45) is 0. The van der Waals surface area contributed by atoms with Gasteiger partial charge < -0.3 is 4.74 Å². The zero-order valence-electron chi connectivity index (χ0n) is 13.8. The molecule has 3 nitrogen and oxygen atoms in total. The van der Waals surface area contributed by atoms with Gasteiger partial charge in [0, 0.05) is 15.6 Å². The van der Waals surface area contributed by atoms with Crippen LogP contribution in [0.4, 0.5) is 0 Å². The summed E-state index contributed by atoms with van der Waals surface area (Å²) < 4.78 is 6.46. The summed E-state index contributed by atoms with van der Waals surface area (Å²) in [5, 5.41) is 10.5. The topological polar surface area (TPSA) is 50.1 Å². The van der Waals surface area contributed by atoms with Crippen LogP contribution in [-0.4, -0.2) is 11.6 Å². The predicted molar refractivity (Wildman–Crippen MR) is 97.1 cm³/mol. The van der Waals surface area contributed by atoms with Crippen molar-refractivity contribution in [1.29, 1.82) is 5.26 Å². The maximum Gasteiger partial charge on any atom is 0.338 e. The highest BCUT2D eigenvalue weighted by Gasteiger charge is 2.18. The summed E-state index contributed by atoms with van der Waals surface area (Å²) in [5.74, 6) is -0.343. The van der Waals surface area contributed by atoms with Crippen LogP contribution in [0.25, 0.3) is 21.2 Å². The van der Waals surface area contributed by atoms with Crippen LogP contribution in [0.1, 0.15) is 36.0 Å². The third kappa shape index (κ3) is 3.17. The molecule has 0 fully saturated rings. The number of nitrogens with zero attached hydrogens (tertiary/aromatic N) is 1. The Kier molecular flexibility index (Phi) is 4.13. The average Bonchev–Trinajstić information content (AvgIpc) is 2.92. The van der Waals surface area contributed by atoms with Gasteiger partial charge in [0.05, 0.1) is 5.56 Å². The van der Waals surface area contributed by atoms with Crippen molar-refractivity contribution in [3.8, 4) is 17.2 Å². The molecule has 0 N–H and O–H groups in total. The molecule has 0 aliphatic rings. The van der Waals surface area contributed by atoms with E-state index in [2.05, 4.69) is 6.07 Å². The van der Waals surface area contributed by atoms with Crippen molar-refractivity contribution in [2.24, 2.45) is 0 Å². The van der Waals surface area contributed by atoms with Crippen LogP contribution in [0.2, 0.25) is 0 Å². The Morgan fingerprint density at radius 2 is 1.75 bits per heavy atom. The quantitative estimate of drug-likeness (QED) is 0.590. The standard InChI is InChI=1S/C20H17NO2S/c1-20(2,3)23-19(22)14-10-8-13(9-11-14)18-15-6-4-5-7-16(15)24-17(18)12-21/h4-11H,1-3H3. The summed E-state index contributed by atoms with van der Waals surface area (Å²) in [6.45, 7) is 5.53. The van der Waals surface area contributed by atoms with Crippen LogP contribution >= 0.6 is 11.3 Å². The van der Waals surface area contributed by atoms with Gasteiger partial charge in [0.1, 0.15) is 16.5 Å². The lowest BCUT2D eigenvalue weighted by Crippen LogP contribution is -2.23. The number of carbonyl (C=O) groups is 1. The minimum atomic E-state index is -0.521. The zero-order valence-corrected chi connectivity index (χ0v) is 14.6. The van der Waals surface area contributed by atoms with E-state index in [9.17, 15) is 10.1 Å². The summed E-state index contributed by atoms with van der Waals surface area (Å²) >= 11 is 1.48. The molecule has 0 bridgehead atoms. The maximum absolute atomic E-state index is 12.1. The van der Waals surface area contributed by atoms with E-state index in [0.717, 1.165) is 21.2 Å². The number of carbonyl (C=O) groups excluding carboxylic acids is 1. The van der Waals surface area contributed by atoms with E-state index in [0.29, 0.717) is 10.4 Å². The van der Waals surface area contributed by atoms with Crippen LogP contribution in [0.3, 0.4) is 0 Å². The molecule has 120 valence electrons. The van der Waals surface area contributed by atoms with Crippen LogP contribution < -0.4 is 0 Å². The van der Waals surface area contributed by atoms with Crippen molar-refractivity contribution in [2.45, 2.75) is 26.4 Å². The van der Waals surface area contributed by atoms with Crippen molar-refractivity contribution in [3.05, 3.63) is 59.0 Å². The molecule has 0 aliphatic heterocycles. The fourth-order valence-electron chi connectivity index (χ4n) is 2.52. The summed E-state index contributed by atoms with van der Waals surface area (Å²) in [4.78, 5) is 12.8. The van der Waals surface area contributed by atoms with Gasteiger partial charge in [0.15, 0.2) is 0 Å². The monoisotopic (exact) mass is 335 g/mol. The van der Waals surface area contributed by atoms with E-state index in [1.165, 1.54) is 11.3 Å². The zero-order chi connectivity index (χ0) is 17.3. The van der Waals surface area contributed by atoms with Crippen LogP contribution in [0.15, 0.2) is 48.5 Å². The van der Waals surface area contributed by atoms with Gasteiger partial charge in [-0.1, -0.05) is 30.3 Å². The second-order valence-corrected chi connectivity index (χ2v) is 7.55. The molecular weight excluding hydrogens is 318 g/mol. The fourth-order valence-corrected chi connectivity index (χ4v) is 3.54. The van der Waals surface area contributed by atoms with Gasteiger partial charge in [-0.2, -0.15) is 5.26 Å². The first-order valence-electron chi connectivity index (χ1n) is 7.64. The minimum absolute atomic E-state index is 0.343. The SMILES string of the molecule is CC(C)(C)OC(=O)c1ccc(-c2c(C#N)sc3ccccc23)cc1. The Labute approximate surface area is 145 Å². The number of hydrogen-bond acceptors (Lipinski definition) is 4. The Morgan fingerprint density at radius 3 is 2.38 bits per heavy atom. The van der Waals surface area contributed by atoms with Gasteiger partial charge in [0.2, 0.25) is 0 Å². The van der Waals surface area contributed by atoms with Crippen LogP contribution in [0, 0.1) is 11.3 Å². The third-order valence-electron chi connectivity index (χ3n) is 3.51. The van der Waals surface area contributed by atoms with E-state index in [4.69, 9.17) is 4.74 Å². The smallest absolute Gasteiger partial charge is 0.338 e. The van der Waals surface area contributed by atoms with Crippen molar-refractivity contribution in [1.82, 2.24) is 0 Å². The molecule has 0 radical (unpaired) electrons. The third-order valence-corrected chi connectivity index (χ3v) is 4.58. The van der Waals surface area contributed by atoms with Crippen molar-refractivity contribution >= 4 is 27.4 Å². The number of fused-ring (bicyclic) bond motifs is 1. The molecule has 0 unspecified atom stereocenters. The Morgan fingerprint density at radius 1 is 1.08 bits per heavy atom. The second kappa shape index (κ2) is 6.10. The molecule has 1 aromatic heterocycles. The van der Waals surface area contributed by atoms with Crippen molar-refractivity contribution in [3.63, 3.8) is 0 Å². The minimum Gasteiger partial charge on any atom is -0.456 e. The van der Waals surface area contributed by atoms with Crippen molar-refractivity contribution in [2.75, 3.05) is 0 Å². The number of ether oxygens (including phenoxy) is 1. The number of thiophene rings is 1. The van der Waals surface area contributed by atoms with E-state index in [-0.39, 0.29) is 5.97 Å². The highest BCUT2D eigenvalue weighted by atomic mass is 32.1. The molecule has 3 rings (SSSR count). The second-order valence-electron chi connectivity index (χ2n) is 6.49. The molecule has 24 heavy (non-hydrogen) atoms. The largest absolute Gasteiger partial charge is 0.456 e. The molecule has 0 spiro atoms. The fraction of sp³-hybridized carbons (Fsp3) is 0.200. The Balaban J connectivity index is 2.00. The van der Waals surface area contributed by atoms with Gasteiger partial charge in [-0.15, -0.1) is 11.3 Å². The molecule has 1 heterocycles. The number of nitriles is 1. The van der Waals surface area contributed by atoms with E-state index >= 15 is 0 Å². The van der Waals surface area contributed by atoms with E-state index < -0.39 is 5.60 Å². The molecule has 2 aromatic carbocycles. The number of hydrogen-bond donors (Lipinski definition) is 0. The normalized spacial score (nSPS) is 11.2. The first-order valence-corrected chi connectivity index (χ1v) is 8.46. The lowest BCUT2D eigenvalue weighted by Gasteiger charge is -2.19. The summed E-state index contributed by atoms with van der Waals surface area (Å²) in [6, 6.07) is 17.5.